The Bertz CT molecular complexity index is 979. The summed E-state index contributed by atoms with van der Waals surface area (Å²) in [6, 6.07) is 13.9. The molecule has 2 heterocycles. The van der Waals surface area contributed by atoms with Crippen LogP contribution in [0.3, 0.4) is 0 Å². The number of benzene rings is 1. The van der Waals surface area contributed by atoms with Crippen LogP contribution in [0.2, 0.25) is 0 Å². The third kappa shape index (κ3) is 4.38. The molecule has 2 aromatic heterocycles. The number of rotatable bonds is 5. The first kappa shape index (κ1) is 18.3. The van der Waals surface area contributed by atoms with E-state index in [9.17, 15) is 9.59 Å². The van der Waals surface area contributed by atoms with E-state index >= 15 is 0 Å². The third-order valence-corrected chi connectivity index (χ3v) is 3.91. The molecule has 0 aliphatic carbocycles. The highest BCUT2D eigenvalue weighted by molar-refractivity contribution is 6.06. The van der Waals surface area contributed by atoms with Gasteiger partial charge in [-0.2, -0.15) is 0 Å². The fourth-order valence-corrected chi connectivity index (χ4v) is 2.59. The van der Waals surface area contributed by atoms with Crippen LogP contribution in [0.1, 0.15) is 52.1 Å². The molecule has 27 heavy (non-hydrogen) atoms. The van der Waals surface area contributed by atoms with Gasteiger partial charge in [-0.3, -0.25) is 9.59 Å². The number of hydrogen-bond donors (Lipinski definition) is 2. The molecule has 0 fully saturated rings. The molecule has 0 aliphatic rings. The Morgan fingerprint density at radius 2 is 1.63 bits per heavy atom. The lowest BCUT2D eigenvalue weighted by atomic mass is 10.0. The summed E-state index contributed by atoms with van der Waals surface area (Å²) in [5.41, 5.74) is 2.02. The monoisotopic (exact) mass is 364 g/mol. The molecule has 3 aromatic rings. The van der Waals surface area contributed by atoms with Gasteiger partial charge in [0.05, 0.1) is 0 Å². The maximum absolute atomic E-state index is 12.6. The van der Waals surface area contributed by atoms with Crippen LogP contribution in [-0.2, 0) is 0 Å². The van der Waals surface area contributed by atoms with Gasteiger partial charge < -0.3 is 15.2 Å². The van der Waals surface area contributed by atoms with Gasteiger partial charge in [-0.25, -0.2) is 4.98 Å². The Morgan fingerprint density at radius 1 is 0.963 bits per heavy atom. The molecule has 7 heteroatoms. The fourth-order valence-electron chi connectivity index (χ4n) is 2.59. The Labute approximate surface area is 156 Å². The highest BCUT2D eigenvalue weighted by Gasteiger charge is 2.15. The van der Waals surface area contributed by atoms with E-state index in [4.69, 9.17) is 4.52 Å². The van der Waals surface area contributed by atoms with Crippen LogP contribution in [0.25, 0.3) is 0 Å². The first-order chi connectivity index (χ1) is 12.9. The normalized spacial score (nSPS) is 10.7. The average Bonchev–Trinajstić information content (AvgIpc) is 3.06. The summed E-state index contributed by atoms with van der Waals surface area (Å²) in [7, 11) is 0. The predicted octanol–water partition coefficient (Wildman–Crippen LogP) is 4.01. The van der Waals surface area contributed by atoms with Crippen LogP contribution in [0, 0.1) is 6.92 Å². The minimum atomic E-state index is -0.472. The van der Waals surface area contributed by atoms with Gasteiger partial charge in [0, 0.05) is 11.8 Å². The standard InChI is InChI=1S/C20H20N4O3/c1-12(2)14-7-4-5-8-15(14)22-19(25)16-9-6-10-17(21-16)20(26)23-18-11-13(3)27-24-18/h4-12H,1-3H3,(H,22,25)(H,23,24,26). The van der Waals surface area contributed by atoms with Crippen LogP contribution in [-0.4, -0.2) is 22.0 Å². The van der Waals surface area contributed by atoms with Crippen LogP contribution in [0.15, 0.2) is 53.1 Å². The molecule has 1 aromatic carbocycles. The van der Waals surface area contributed by atoms with Gasteiger partial charge in [0.25, 0.3) is 11.8 Å². The molecule has 2 amide bonds. The van der Waals surface area contributed by atoms with Crippen LogP contribution in [0.4, 0.5) is 11.5 Å². The van der Waals surface area contributed by atoms with Gasteiger partial charge >= 0.3 is 0 Å². The Morgan fingerprint density at radius 3 is 2.26 bits per heavy atom. The molecule has 2 N–H and O–H groups in total. The summed E-state index contributed by atoms with van der Waals surface area (Å²) in [6.07, 6.45) is 0. The molecule has 3 rings (SSSR count). The second kappa shape index (κ2) is 7.82. The van der Waals surface area contributed by atoms with E-state index in [0.717, 1.165) is 11.3 Å². The molecule has 0 spiro atoms. The van der Waals surface area contributed by atoms with Crippen molar-refractivity contribution >= 4 is 23.3 Å². The van der Waals surface area contributed by atoms with Crippen molar-refractivity contribution in [1.29, 1.82) is 0 Å². The number of amides is 2. The van der Waals surface area contributed by atoms with E-state index < -0.39 is 5.91 Å². The summed E-state index contributed by atoms with van der Waals surface area (Å²) in [4.78, 5) is 29.1. The highest BCUT2D eigenvalue weighted by atomic mass is 16.5. The van der Waals surface area contributed by atoms with E-state index in [-0.39, 0.29) is 23.2 Å². The molecule has 0 radical (unpaired) electrons. The molecular weight excluding hydrogens is 344 g/mol. The summed E-state index contributed by atoms with van der Waals surface area (Å²) in [6.45, 7) is 5.83. The number of para-hydroxylation sites is 1. The van der Waals surface area contributed by atoms with Crippen LogP contribution in [0.5, 0.6) is 0 Å². The second-order valence-corrected chi connectivity index (χ2v) is 6.38. The van der Waals surface area contributed by atoms with Crippen LogP contribution < -0.4 is 10.6 Å². The fraction of sp³-hybridized carbons (Fsp3) is 0.200. The van der Waals surface area contributed by atoms with Crippen molar-refractivity contribution in [2.24, 2.45) is 0 Å². The number of pyridine rings is 1. The van der Waals surface area contributed by atoms with Gasteiger partial charge in [0.1, 0.15) is 17.1 Å². The lowest BCUT2D eigenvalue weighted by Crippen LogP contribution is -2.19. The van der Waals surface area contributed by atoms with Gasteiger partial charge in [-0.1, -0.05) is 43.3 Å². The number of aryl methyl sites for hydroxylation is 1. The van der Waals surface area contributed by atoms with E-state index in [1.165, 1.54) is 6.07 Å². The topological polar surface area (TPSA) is 97.1 Å². The Kier molecular flexibility index (Phi) is 5.30. The molecule has 0 atom stereocenters. The van der Waals surface area contributed by atoms with Crippen molar-refractivity contribution in [3.05, 3.63) is 71.2 Å². The van der Waals surface area contributed by atoms with E-state index in [0.29, 0.717) is 11.6 Å². The quantitative estimate of drug-likeness (QED) is 0.713. The van der Waals surface area contributed by atoms with Crippen molar-refractivity contribution in [2.45, 2.75) is 26.7 Å². The lowest BCUT2D eigenvalue weighted by Gasteiger charge is -2.13. The molecule has 138 valence electrons. The van der Waals surface area contributed by atoms with E-state index in [2.05, 4.69) is 34.6 Å². The minimum Gasteiger partial charge on any atom is -0.360 e. The van der Waals surface area contributed by atoms with Crippen molar-refractivity contribution in [2.75, 3.05) is 10.6 Å². The number of carbonyl (C=O) groups is 2. The zero-order chi connectivity index (χ0) is 19.4. The largest absolute Gasteiger partial charge is 0.360 e. The number of nitrogens with one attached hydrogen (secondary N) is 2. The van der Waals surface area contributed by atoms with E-state index in [1.807, 2.05) is 24.3 Å². The molecule has 0 bridgehead atoms. The maximum atomic E-state index is 12.6. The molecule has 7 nitrogen and oxygen atoms in total. The lowest BCUT2D eigenvalue weighted by molar-refractivity contribution is 0.101. The zero-order valence-electron chi connectivity index (χ0n) is 15.3. The molecule has 0 saturated heterocycles. The summed E-state index contributed by atoms with van der Waals surface area (Å²) < 4.78 is 4.91. The first-order valence-corrected chi connectivity index (χ1v) is 8.56. The summed E-state index contributed by atoms with van der Waals surface area (Å²) in [5.74, 6) is 0.281. The second-order valence-electron chi connectivity index (χ2n) is 6.38. The molecule has 0 unspecified atom stereocenters. The van der Waals surface area contributed by atoms with Gasteiger partial charge in [0.2, 0.25) is 0 Å². The van der Waals surface area contributed by atoms with Gasteiger partial charge in [-0.05, 0) is 36.6 Å². The molecule has 0 saturated carbocycles. The van der Waals surface area contributed by atoms with Gasteiger partial charge in [-0.15, -0.1) is 0 Å². The summed E-state index contributed by atoms with van der Waals surface area (Å²) >= 11 is 0. The summed E-state index contributed by atoms with van der Waals surface area (Å²) in [5, 5.41) is 9.15. The number of aromatic nitrogens is 2. The molecule has 0 aliphatic heterocycles. The number of carbonyl (C=O) groups excluding carboxylic acids is 2. The van der Waals surface area contributed by atoms with E-state index in [1.54, 1.807) is 25.1 Å². The maximum Gasteiger partial charge on any atom is 0.275 e. The third-order valence-electron chi connectivity index (χ3n) is 3.91. The van der Waals surface area contributed by atoms with Crippen LogP contribution >= 0.6 is 0 Å². The Hall–Kier alpha value is -3.48. The number of anilines is 2. The minimum absolute atomic E-state index is 0.112. The average molecular weight is 364 g/mol. The Balaban J connectivity index is 1.77. The van der Waals surface area contributed by atoms with Crippen molar-refractivity contribution in [3.63, 3.8) is 0 Å². The smallest absolute Gasteiger partial charge is 0.275 e. The van der Waals surface area contributed by atoms with Gasteiger partial charge in [0.15, 0.2) is 5.82 Å². The van der Waals surface area contributed by atoms with Crippen molar-refractivity contribution in [1.82, 2.24) is 10.1 Å². The number of nitrogens with zero attached hydrogens (tertiary/aromatic N) is 2. The first-order valence-electron chi connectivity index (χ1n) is 8.56. The SMILES string of the molecule is Cc1cc(NC(=O)c2cccc(C(=O)Nc3ccccc3C(C)C)n2)no1. The van der Waals surface area contributed by atoms with Crippen molar-refractivity contribution < 1.29 is 14.1 Å². The highest BCUT2D eigenvalue weighted by Crippen LogP contribution is 2.24. The van der Waals surface area contributed by atoms with Crippen molar-refractivity contribution in [3.8, 4) is 0 Å². The zero-order valence-corrected chi connectivity index (χ0v) is 15.3. The number of hydrogen-bond acceptors (Lipinski definition) is 5. The predicted molar refractivity (Wildman–Crippen MR) is 102 cm³/mol. The molecular formula is C20H20N4O3.